The van der Waals surface area contributed by atoms with Gasteiger partial charge in [0, 0.05) is 19.7 Å². The van der Waals surface area contributed by atoms with Crippen molar-refractivity contribution in [3.05, 3.63) is 0 Å². The van der Waals surface area contributed by atoms with Crippen LogP contribution in [0.15, 0.2) is 0 Å². The van der Waals surface area contributed by atoms with Crippen LogP contribution >= 0.6 is 0 Å². The van der Waals surface area contributed by atoms with Gasteiger partial charge in [0.25, 0.3) is 0 Å². The Hall–Kier alpha value is -0.820. The Balaban J connectivity index is 2.24. The molecule has 0 aromatic rings. The highest BCUT2D eigenvalue weighted by atomic mass is 19.4. The molecule has 0 radical (unpaired) electrons. The Kier molecular flexibility index (Phi) is 5.87. The van der Waals surface area contributed by atoms with Crippen LogP contribution in [0.5, 0.6) is 0 Å². The molecule has 0 aromatic heterocycles. The molecule has 2 atom stereocenters. The molecule has 1 rings (SSSR count). The maximum Gasteiger partial charge on any atom is 0.403 e. The lowest BCUT2D eigenvalue weighted by atomic mass is 9.96. The first-order chi connectivity index (χ1) is 8.43. The summed E-state index contributed by atoms with van der Waals surface area (Å²) >= 11 is 0. The predicted octanol–water partition coefficient (Wildman–Crippen LogP) is 1.21. The first-order valence-electron chi connectivity index (χ1n) is 6.02. The Morgan fingerprint density at radius 2 is 2.17 bits per heavy atom. The number of amides is 1. The van der Waals surface area contributed by atoms with Gasteiger partial charge in [0.2, 0.25) is 5.91 Å². The molecular weight excluding hydrogens is 249 g/mol. The van der Waals surface area contributed by atoms with Crippen molar-refractivity contribution in [3.8, 4) is 0 Å². The number of rotatable bonds is 5. The molecule has 2 N–H and O–H groups in total. The van der Waals surface area contributed by atoms with Gasteiger partial charge in [-0.1, -0.05) is 6.42 Å². The average Bonchev–Trinajstić information content (AvgIpc) is 2.29. The lowest BCUT2D eigenvalue weighted by molar-refractivity contribution is -0.163. The summed E-state index contributed by atoms with van der Waals surface area (Å²) in [4.78, 5) is 11.1. The van der Waals surface area contributed by atoms with Crippen LogP contribution in [0, 0.1) is 0 Å². The fraction of sp³-hybridized carbons (Fsp3) is 0.909. The largest absolute Gasteiger partial charge is 0.403 e. The molecular formula is C11H19F3N2O2. The minimum Gasteiger partial charge on any atom is -0.375 e. The van der Waals surface area contributed by atoms with Crippen LogP contribution in [-0.4, -0.2) is 44.4 Å². The number of carbonyl (C=O) groups is 1. The van der Waals surface area contributed by atoms with E-state index in [9.17, 15) is 18.0 Å². The van der Waals surface area contributed by atoms with Crippen molar-refractivity contribution < 1.29 is 22.7 Å². The molecule has 1 amide bonds. The van der Waals surface area contributed by atoms with Crippen LogP contribution in [0.3, 0.4) is 0 Å². The maximum absolute atomic E-state index is 12.5. The van der Waals surface area contributed by atoms with Gasteiger partial charge in [-0.3, -0.25) is 4.79 Å². The van der Waals surface area contributed by atoms with Gasteiger partial charge < -0.3 is 15.4 Å². The van der Waals surface area contributed by atoms with Gasteiger partial charge in [0.15, 0.2) is 0 Å². The summed E-state index contributed by atoms with van der Waals surface area (Å²) in [5.41, 5.74) is 0. The van der Waals surface area contributed by atoms with Crippen LogP contribution in [0.25, 0.3) is 0 Å². The number of hydrogen-bond donors (Lipinski definition) is 2. The number of carbonyl (C=O) groups excluding carboxylic acids is 1. The topological polar surface area (TPSA) is 50.4 Å². The number of alkyl halides is 3. The second-order valence-corrected chi connectivity index (χ2v) is 4.46. The van der Waals surface area contributed by atoms with Gasteiger partial charge in [-0.05, 0) is 19.3 Å². The Morgan fingerprint density at radius 1 is 1.44 bits per heavy atom. The zero-order chi connectivity index (χ0) is 13.6. The highest BCUT2D eigenvalue weighted by molar-refractivity contribution is 5.77. The van der Waals surface area contributed by atoms with Gasteiger partial charge >= 0.3 is 6.18 Å². The van der Waals surface area contributed by atoms with Crippen molar-refractivity contribution in [1.82, 2.24) is 10.6 Å². The molecule has 0 aromatic carbocycles. The summed E-state index contributed by atoms with van der Waals surface area (Å²) in [6.07, 6.45) is -2.27. The number of hydrogen-bond acceptors (Lipinski definition) is 3. The summed E-state index contributed by atoms with van der Waals surface area (Å²) < 4.78 is 42.2. The minimum absolute atomic E-state index is 0.0245. The fourth-order valence-corrected chi connectivity index (χ4v) is 2.07. The Morgan fingerprint density at radius 3 is 2.78 bits per heavy atom. The van der Waals surface area contributed by atoms with Crippen molar-refractivity contribution in [2.75, 3.05) is 20.3 Å². The zero-order valence-corrected chi connectivity index (χ0v) is 10.3. The van der Waals surface area contributed by atoms with E-state index in [2.05, 4.69) is 15.4 Å². The minimum atomic E-state index is -4.18. The average molecular weight is 268 g/mol. The third-order valence-electron chi connectivity index (χ3n) is 2.97. The van der Waals surface area contributed by atoms with Crippen LogP contribution < -0.4 is 10.6 Å². The third-order valence-corrected chi connectivity index (χ3v) is 2.97. The van der Waals surface area contributed by atoms with E-state index in [1.807, 2.05) is 0 Å². The number of ether oxygens (including phenoxy) is 1. The number of methoxy groups -OCH3 is 1. The molecule has 106 valence electrons. The quantitative estimate of drug-likeness (QED) is 0.788. The van der Waals surface area contributed by atoms with Crippen molar-refractivity contribution >= 4 is 5.91 Å². The maximum atomic E-state index is 12.5. The second kappa shape index (κ2) is 6.94. The first kappa shape index (κ1) is 15.2. The molecule has 0 aliphatic carbocycles. The molecule has 1 saturated heterocycles. The van der Waals surface area contributed by atoms with Gasteiger partial charge in [0.1, 0.15) is 12.6 Å². The molecule has 1 aliphatic rings. The lowest BCUT2D eigenvalue weighted by Gasteiger charge is -2.32. The zero-order valence-electron chi connectivity index (χ0n) is 10.3. The van der Waals surface area contributed by atoms with Crippen LogP contribution in [0.2, 0.25) is 0 Å². The van der Waals surface area contributed by atoms with Gasteiger partial charge in [-0.25, -0.2) is 0 Å². The molecule has 18 heavy (non-hydrogen) atoms. The van der Waals surface area contributed by atoms with Crippen molar-refractivity contribution in [2.45, 2.75) is 43.9 Å². The van der Waals surface area contributed by atoms with Crippen molar-refractivity contribution in [2.24, 2.45) is 0 Å². The number of nitrogens with one attached hydrogen (secondary N) is 2. The van der Waals surface area contributed by atoms with Gasteiger partial charge in [0.05, 0.1) is 0 Å². The molecule has 0 spiro atoms. The molecule has 0 saturated carbocycles. The SMILES string of the molecule is COCC(=O)NCCC1CCCC(C(F)(F)F)N1. The van der Waals surface area contributed by atoms with Crippen LogP contribution in [0.1, 0.15) is 25.7 Å². The van der Waals surface area contributed by atoms with Gasteiger partial charge in [-0.15, -0.1) is 0 Å². The third kappa shape index (κ3) is 5.22. The van der Waals surface area contributed by atoms with E-state index in [4.69, 9.17) is 0 Å². The molecule has 2 unspecified atom stereocenters. The monoisotopic (exact) mass is 268 g/mol. The Labute approximate surface area is 104 Å². The number of piperidine rings is 1. The first-order valence-corrected chi connectivity index (χ1v) is 6.02. The summed E-state index contributed by atoms with van der Waals surface area (Å²) in [5, 5.41) is 5.19. The molecule has 1 heterocycles. The molecule has 4 nitrogen and oxygen atoms in total. The predicted molar refractivity (Wildman–Crippen MR) is 60.1 cm³/mol. The molecule has 1 aliphatic heterocycles. The highest BCUT2D eigenvalue weighted by Crippen LogP contribution is 2.28. The summed E-state index contributed by atoms with van der Waals surface area (Å²) in [6, 6.07) is -1.60. The normalized spacial score (nSPS) is 24.9. The van der Waals surface area contributed by atoms with E-state index in [0.717, 1.165) is 0 Å². The van der Waals surface area contributed by atoms with E-state index < -0.39 is 12.2 Å². The second-order valence-electron chi connectivity index (χ2n) is 4.46. The smallest absolute Gasteiger partial charge is 0.375 e. The molecule has 0 bridgehead atoms. The fourth-order valence-electron chi connectivity index (χ4n) is 2.07. The van der Waals surface area contributed by atoms with Crippen molar-refractivity contribution in [3.63, 3.8) is 0 Å². The molecule has 7 heteroatoms. The standard InChI is InChI=1S/C11H19F3N2O2/c1-18-7-10(17)15-6-5-8-3-2-4-9(16-8)11(12,13)14/h8-9,16H,2-7H2,1H3,(H,15,17). The van der Waals surface area contributed by atoms with Crippen LogP contribution in [0.4, 0.5) is 13.2 Å². The van der Waals surface area contributed by atoms with Crippen LogP contribution in [-0.2, 0) is 9.53 Å². The highest BCUT2D eigenvalue weighted by Gasteiger charge is 2.41. The van der Waals surface area contributed by atoms with E-state index in [0.29, 0.717) is 25.8 Å². The van der Waals surface area contributed by atoms with Crippen molar-refractivity contribution in [1.29, 1.82) is 0 Å². The number of halogens is 3. The van der Waals surface area contributed by atoms with E-state index in [1.54, 1.807) is 0 Å². The van der Waals surface area contributed by atoms with E-state index in [-0.39, 0.29) is 25.0 Å². The molecule has 1 fully saturated rings. The summed E-state index contributed by atoms with van der Waals surface area (Å²) in [6.45, 7) is 0.341. The van der Waals surface area contributed by atoms with E-state index >= 15 is 0 Å². The summed E-state index contributed by atoms with van der Waals surface area (Å²) in [5.74, 6) is -0.249. The summed E-state index contributed by atoms with van der Waals surface area (Å²) in [7, 11) is 1.41. The van der Waals surface area contributed by atoms with Gasteiger partial charge in [-0.2, -0.15) is 13.2 Å². The van der Waals surface area contributed by atoms with E-state index in [1.165, 1.54) is 7.11 Å². The Bertz CT molecular complexity index is 272. The lowest BCUT2D eigenvalue weighted by Crippen LogP contribution is -2.51.